The number of aryl methyl sites for hydroxylation is 1. The van der Waals surface area contributed by atoms with Crippen LogP contribution < -0.4 is 5.32 Å². The van der Waals surface area contributed by atoms with Gasteiger partial charge in [0.15, 0.2) is 0 Å². The Morgan fingerprint density at radius 1 is 1.28 bits per heavy atom. The normalized spacial score (nSPS) is 24.8. The molecule has 2 unspecified atom stereocenters. The third-order valence-corrected chi connectivity index (χ3v) is 3.85. The minimum Gasteiger partial charge on any atom is -0.392 e. The lowest BCUT2D eigenvalue weighted by Crippen LogP contribution is -2.38. The van der Waals surface area contributed by atoms with Crippen LogP contribution in [-0.4, -0.2) is 17.3 Å². The first-order valence-corrected chi connectivity index (χ1v) is 6.83. The van der Waals surface area contributed by atoms with Gasteiger partial charge in [0.2, 0.25) is 0 Å². The number of nitrogens with one attached hydrogen (secondary N) is 1. The van der Waals surface area contributed by atoms with Crippen LogP contribution in [0.25, 0.3) is 0 Å². The lowest BCUT2D eigenvalue weighted by molar-refractivity contribution is 0.119. The minimum atomic E-state index is -0.263. The van der Waals surface area contributed by atoms with E-state index in [0.29, 0.717) is 6.54 Å². The SMILES string of the molecule is Cc1ccc(F)cc1CNC1CCCCCC1O. The quantitative estimate of drug-likeness (QED) is 0.810. The van der Waals surface area contributed by atoms with Crippen LogP contribution in [0.4, 0.5) is 4.39 Å². The first-order chi connectivity index (χ1) is 8.66. The van der Waals surface area contributed by atoms with Gasteiger partial charge in [-0.05, 0) is 43.0 Å². The lowest BCUT2D eigenvalue weighted by Gasteiger charge is -2.22. The van der Waals surface area contributed by atoms with Gasteiger partial charge in [-0.25, -0.2) is 4.39 Å². The van der Waals surface area contributed by atoms with E-state index in [4.69, 9.17) is 0 Å². The van der Waals surface area contributed by atoms with Crippen molar-refractivity contribution < 1.29 is 9.50 Å². The molecule has 1 aliphatic rings. The summed E-state index contributed by atoms with van der Waals surface area (Å²) < 4.78 is 13.2. The highest BCUT2D eigenvalue weighted by Gasteiger charge is 2.20. The minimum absolute atomic E-state index is 0.148. The largest absolute Gasteiger partial charge is 0.392 e. The molecule has 100 valence electrons. The average molecular weight is 251 g/mol. The maximum atomic E-state index is 13.2. The van der Waals surface area contributed by atoms with Crippen molar-refractivity contribution >= 4 is 0 Å². The molecule has 0 spiro atoms. The molecule has 3 heteroatoms. The number of rotatable bonds is 3. The summed E-state index contributed by atoms with van der Waals surface area (Å²) in [5.41, 5.74) is 2.07. The van der Waals surface area contributed by atoms with E-state index in [0.717, 1.165) is 36.8 Å². The molecule has 2 atom stereocenters. The van der Waals surface area contributed by atoms with E-state index in [9.17, 15) is 9.50 Å². The number of aliphatic hydroxyl groups excluding tert-OH is 1. The molecule has 2 N–H and O–H groups in total. The van der Waals surface area contributed by atoms with Gasteiger partial charge in [-0.2, -0.15) is 0 Å². The summed E-state index contributed by atoms with van der Waals surface area (Å²) in [5, 5.41) is 13.4. The molecule has 2 rings (SSSR count). The topological polar surface area (TPSA) is 32.3 Å². The smallest absolute Gasteiger partial charge is 0.123 e. The molecule has 0 aromatic heterocycles. The monoisotopic (exact) mass is 251 g/mol. The molecule has 0 heterocycles. The molecule has 1 aromatic carbocycles. The predicted octanol–water partition coefficient (Wildman–Crippen LogP) is 2.92. The first-order valence-electron chi connectivity index (χ1n) is 6.83. The van der Waals surface area contributed by atoms with Crippen LogP contribution in [0.15, 0.2) is 18.2 Å². The Labute approximate surface area is 108 Å². The molecule has 1 aromatic rings. The fourth-order valence-corrected chi connectivity index (χ4v) is 2.60. The third-order valence-electron chi connectivity index (χ3n) is 3.85. The highest BCUT2D eigenvalue weighted by atomic mass is 19.1. The van der Waals surface area contributed by atoms with E-state index in [1.807, 2.05) is 6.92 Å². The molecule has 0 saturated heterocycles. The van der Waals surface area contributed by atoms with Crippen LogP contribution in [-0.2, 0) is 6.54 Å². The summed E-state index contributed by atoms with van der Waals surface area (Å²) in [6.45, 7) is 2.62. The lowest BCUT2D eigenvalue weighted by atomic mass is 10.0. The molecule has 0 amide bonds. The molecule has 2 nitrogen and oxygen atoms in total. The molecule has 18 heavy (non-hydrogen) atoms. The molecule has 1 fully saturated rings. The summed E-state index contributed by atoms with van der Waals surface area (Å²) in [5.74, 6) is -0.196. The summed E-state index contributed by atoms with van der Waals surface area (Å²) in [6, 6.07) is 5.01. The van der Waals surface area contributed by atoms with Gasteiger partial charge < -0.3 is 10.4 Å². The number of hydrogen-bond acceptors (Lipinski definition) is 2. The zero-order valence-electron chi connectivity index (χ0n) is 11.0. The Bertz CT molecular complexity index is 394. The molecule has 0 aliphatic heterocycles. The second-order valence-corrected chi connectivity index (χ2v) is 5.26. The molecule has 1 saturated carbocycles. The van der Waals surface area contributed by atoms with Crippen molar-refractivity contribution in [2.75, 3.05) is 0 Å². The fourth-order valence-electron chi connectivity index (χ4n) is 2.60. The maximum absolute atomic E-state index is 13.2. The number of halogens is 1. The van der Waals surface area contributed by atoms with Crippen LogP contribution in [0.1, 0.15) is 43.2 Å². The Morgan fingerprint density at radius 3 is 2.89 bits per heavy atom. The molecular weight excluding hydrogens is 229 g/mol. The summed E-state index contributed by atoms with van der Waals surface area (Å²) in [7, 11) is 0. The summed E-state index contributed by atoms with van der Waals surface area (Å²) >= 11 is 0. The van der Waals surface area contributed by atoms with Crippen molar-refractivity contribution in [3.8, 4) is 0 Å². The fraction of sp³-hybridized carbons (Fsp3) is 0.600. The average Bonchev–Trinajstić information content (AvgIpc) is 2.55. The Morgan fingerprint density at radius 2 is 2.06 bits per heavy atom. The molecule has 1 aliphatic carbocycles. The van der Waals surface area contributed by atoms with Gasteiger partial charge >= 0.3 is 0 Å². The van der Waals surface area contributed by atoms with Gasteiger partial charge in [-0.1, -0.05) is 25.3 Å². The van der Waals surface area contributed by atoms with Crippen molar-refractivity contribution in [3.63, 3.8) is 0 Å². The van der Waals surface area contributed by atoms with Gasteiger partial charge in [0, 0.05) is 12.6 Å². The van der Waals surface area contributed by atoms with Crippen LogP contribution in [0, 0.1) is 12.7 Å². The predicted molar refractivity (Wildman–Crippen MR) is 70.9 cm³/mol. The second kappa shape index (κ2) is 6.30. The van der Waals surface area contributed by atoms with Crippen LogP contribution in [0.5, 0.6) is 0 Å². The van der Waals surface area contributed by atoms with Gasteiger partial charge in [0.05, 0.1) is 6.10 Å². The van der Waals surface area contributed by atoms with E-state index in [-0.39, 0.29) is 18.0 Å². The van der Waals surface area contributed by atoms with Crippen molar-refractivity contribution in [2.24, 2.45) is 0 Å². The molecular formula is C15H22FNO. The van der Waals surface area contributed by atoms with E-state index < -0.39 is 0 Å². The van der Waals surface area contributed by atoms with Gasteiger partial charge in [0.1, 0.15) is 5.82 Å². The van der Waals surface area contributed by atoms with Crippen molar-refractivity contribution in [2.45, 2.75) is 57.7 Å². The van der Waals surface area contributed by atoms with Crippen LogP contribution in [0.2, 0.25) is 0 Å². The maximum Gasteiger partial charge on any atom is 0.123 e. The summed E-state index contributed by atoms with van der Waals surface area (Å²) in [4.78, 5) is 0. The van der Waals surface area contributed by atoms with Gasteiger partial charge in [0.25, 0.3) is 0 Å². The van der Waals surface area contributed by atoms with E-state index in [2.05, 4.69) is 5.32 Å². The Balaban J connectivity index is 1.95. The van der Waals surface area contributed by atoms with Gasteiger partial charge in [-0.3, -0.25) is 0 Å². The Kier molecular flexibility index (Phi) is 4.72. The highest BCUT2D eigenvalue weighted by Crippen LogP contribution is 2.19. The zero-order valence-corrected chi connectivity index (χ0v) is 11.0. The molecule has 0 radical (unpaired) electrons. The van der Waals surface area contributed by atoms with E-state index >= 15 is 0 Å². The van der Waals surface area contributed by atoms with Crippen LogP contribution in [0.3, 0.4) is 0 Å². The van der Waals surface area contributed by atoms with Gasteiger partial charge in [-0.15, -0.1) is 0 Å². The highest BCUT2D eigenvalue weighted by molar-refractivity contribution is 5.26. The molecule has 0 bridgehead atoms. The first kappa shape index (κ1) is 13.5. The van der Waals surface area contributed by atoms with E-state index in [1.165, 1.54) is 12.5 Å². The third kappa shape index (κ3) is 3.53. The number of hydrogen-bond donors (Lipinski definition) is 2. The van der Waals surface area contributed by atoms with Crippen molar-refractivity contribution in [1.82, 2.24) is 5.32 Å². The van der Waals surface area contributed by atoms with E-state index in [1.54, 1.807) is 12.1 Å². The standard InChI is InChI=1S/C15H22FNO/c1-11-7-8-13(16)9-12(11)10-17-14-5-3-2-4-6-15(14)18/h7-9,14-15,17-18H,2-6,10H2,1H3. The van der Waals surface area contributed by atoms with Crippen LogP contribution >= 0.6 is 0 Å². The number of benzene rings is 1. The number of aliphatic hydroxyl groups is 1. The summed E-state index contributed by atoms with van der Waals surface area (Å²) in [6.07, 6.45) is 5.10. The second-order valence-electron chi connectivity index (χ2n) is 5.26. The van der Waals surface area contributed by atoms with Crippen molar-refractivity contribution in [1.29, 1.82) is 0 Å². The Hall–Kier alpha value is -0.930. The zero-order chi connectivity index (χ0) is 13.0. The van der Waals surface area contributed by atoms with Crippen molar-refractivity contribution in [3.05, 3.63) is 35.1 Å².